The summed E-state index contributed by atoms with van der Waals surface area (Å²) in [5.41, 5.74) is 1.06. The number of aromatic nitrogens is 2. The molecule has 0 aromatic carbocycles. The maximum atomic E-state index is 13.0. The molecule has 138 valence electrons. The summed E-state index contributed by atoms with van der Waals surface area (Å²) >= 11 is 1.23. The number of anilines is 1. The molecule has 2 aromatic rings. The molecule has 1 N–H and O–H groups in total. The number of carbonyl (C=O) groups excluding carboxylic acids is 2. The zero-order chi connectivity index (χ0) is 18.9. The molecular weight excluding hydrogens is 348 g/mol. The first-order chi connectivity index (χ1) is 12.3. The number of pyridine rings is 1. The van der Waals surface area contributed by atoms with Crippen LogP contribution in [-0.4, -0.2) is 45.2 Å². The van der Waals surface area contributed by atoms with Crippen LogP contribution in [0.15, 0.2) is 18.3 Å². The third-order valence-electron chi connectivity index (χ3n) is 4.29. The Hall–Kier alpha value is -2.28. The average Bonchev–Trinajstić information content (AvgIpc) is 3.19. The summed E-state index contributed by atoms with van der Waals surface area (Å²) in [6.07, 6.45) is 4.42. The lowest BCUT2D eigenvalue weighted by atomic mass is 10.1. The number of hydrogen-bond donors (Lipinski definition) is 1. The largest absolute Gasteiger partial charge is 0.365 e. The highest BCUT2D eigenvalue weighted by Crippen LogP contribution is 2.32. The predicted molar refractivity (Wildman–Crippen MR) is 104 cm³/mol. The number of nitrogens with zero attached hydrogens (tertiary/aromatic N) is 3. The highest BCUT2D eigenvalue weighted by atomic mass is 32.1. The van der Waals surface area contributed by atoms with Crippen molar-refractivity contribution in [3.8, 4) is 10.4 Å². The third kappa shape index (κ3) is 3.93. The smallest absolute Gasteiger partial charge is 0.274 e. The minimum Gasteiger partial charge on any atom is -0.365 e. The number of likely N-dealkylation sites (tertiary alicyclic amines) is 1. The molecule has 2 aromatic heterocycles. The van der Waals surface area contributed by atoms with E-state index in [1.807, 2.05) is 24.0 Å². The zero-order valence-corrected chi connectivity index (χ0v) is 16.4. The van der Waals surface area contributed by atoms with Gasteiger partial charge in [0.25, 0.3) is 5.91 Å². The number of carbonyl (C=O) groups is 2. The summed E-state index contributed by atoms with van der Waals surface area (Å²) < 4.78 is 0. The van der Waals surface area contributed by atoms with Gasteiger partial charge in [-0.25, -0.2) is 9.97 Å². The van der Waals surface area contributed by atoms with E-state index in [1.165, 1.54) is 11.3 Å². The molecule has 3 rings (SSSR count). The Bertz CT molecular complexity index is 808. The minimum absolute atomic E-state index is 0.0866. The number of amides is 1. The molecule has 3 heterocycles. The SMILES string of the molecule is C[C@H]1CCCN1C(=O)c1nc(C=O)sc1-c1ccc(NC(C)(C)C)nc1. The number of rotatable bonds is 4. The summed E-state index contributed by atoms with van der Waals surface area (Å²) in [5.74, 6) is 0.661. The Balaban J connectivity index is 1.93. The van der Waals surface area contributed by atoms with E-state index in [1.54, 1.807) is 6.20 Å². The lowest BCUT2D eigenvalue weighted by Crippen LogP contribution is -2.34. The van der Waals surface area contributed by atoms with Gasteiger partial charge in [-0.15, -0.1) is 11.3 Å². The Kier molecular flexibility index (Phi) is 5.09. The van der Waals surface area contributed by atoms with Gasteiger partial charge in [0.15, 0.2) is 11.3 Å². The standard InChI is InChI=1S/C19H24N4O2S/c1-12-6-5-9-23(12)18(25)16-17(26-15(11-24)21-16)13-7-8-14(20-10-13)22-19(2,3)4/h7-8,10-12H,5-6,9H2,1-4H3,(H,20,22)/t12-/m0/s1. The van der Waals surface area contributed by atoms with Gasteiger partial charge < -0.3 is 10.2 Å². The van der Waals surface area contributed by atoms with Gasteiger partial charge in [0.05, 0.1) is 4.88 Å². The van der Waals surface area contributed by atoms with Crippen molar-refractivity contribution >= 4 is 29.3 Å². The van der Waals surface area contributed by atoms with Crippen LogP contribution >= 0.6 is 11.3 Å². The maximum Gasteiger partial charge on any atom is 0.274 e. The van der Waals surface area contributed by atoms with Crippen LogP contribution < -0.4 is 5.32 Å². The normalized spacial score (nSPS) is 17.4. The van der Waals surface area contributed by atoms with Crippen molar-refractivity contribution in [2.75, 3.05) is 11.9 Å². The highest BCUT2D eigenvalue weighted by molar-refractivity contribution is 7.17. The van der Waals surface area contributed by atoms with Crippen LogP contribution in [0.25, 0.3) is 10.4 Å². The molecule has 0 radical (unpaired) electrons. The molecule has 1 amide bonds. The molecule has 1 aliphatic rings. The molecule has 0 bridgehead atoms. The van der Waals surface area contributed by atoms with Crippen molar-refractivity contribution in [3.63, 3.8) is 0 Å². The monoisotopic (exact) mass is 372 g/mol. The molecule has 0 aliphatic carbocycles. The van der Waals surface area contributed by atoms with Crippen molar-refractivity contribution in [3.05, 3.63) is 29.0 Å². The van der Waals surface area contributed by atoms with Gasteiger partial charge >= 0.3 is 0 Å². The lowest BCUT2D eigenvalue weighted by Gasteiger charge is -2.21. The van der Waals surface area contributed by atoms with E-state index < -0.39 is 0 Å². The molecule has 1 atom stereocenters. The maximum absolute atomic E-state index is 13.0. The van der Waals surface area contributed by atoms with Gasteiger partial charge in [0, 0.05) is 29.9 Å². The summed E-state index contributed by atoms with van der Waals surface area (Å²) in [6, 6.07) is 3.99. The van der Waals surface area contributed by atoms with E-state index in [0.717, 1.165) is 30.8 Å². The van der Waals surface area contributed by atoms with Crippen LogP contribution in [0.4, 0.5) is 5.82 Å². The van der Waals surface area contributed by atoms with Crippen LogP contribution in [0.5, 0.6) is 0 Å². The first-order valence-corrected chi connectivity index (χ1v) is 9.62. The molecular formula is C19H24N4O2S. The topological polar surface area (TPSA) is 75.2 Å². The Morgan fingerprint density at radius 3 is 2.69 bits per heavy atom. The fourth-order valence-corrected chi connectivity index (χ4v) is 3.95. The van der Waals surface area contributed by atoms with Crippen LogP contribution in [0.1, 0.15) is 60.8 Å². The van der Waals surface area contributed by atoms with Crippen molar-refractivity contribution in [2.24, 2.45) is 0 Å². The molecule has 0 saturated carbocycles. The van der Waals surface area contributed by atoms with Crippen molar-refractivity contribution in [1.82, 2.24) is 14.9 Å². The summed E-state index contributed by atoms with van der Waals surface area (Å²) in [5, 5.41) is 3.62. The van der Waals surface area contributed by atoms with Gasteiger partial charge in [-0.2, -0.15) is 0 Å². The zero-order valence-electron chi connectivity index (χ0n) is 15.6. The second-order valence-corrected chi connectivity index (χ2v) is 8.68. The fraction of sp³-hybridized carbons (Fsp3) is 0.474. The second kappa shape index (κ2) is 7.15. The molecule has 1 saturated heterocycles. The number of thiazole rings is 1. The molecule has 26 heavy (non-hydrogen) atoms. The van der Waals surface area contributed by atoms with E-state index in [9.17, 15) is 9.59 Å². The van der Waals surface area contributed by atoms with E-state index in [4.69, 9.17) is 0 Å². The van der Waals surface area contributed by atoms with Crippen LogP contribution in [0.2, 0.25) is 0 Å². The average molecular weight is 372 g/mol. The Morgan fingerprint density at radius 2 is 2.15 bits per heavy atom. The molecule has 1 aliphatic heterocycles. The summed E-state index contributed by atoms with van der Waals surface area (Å²) in [4.78, 5) is 35.4. The quantitative estimate of drug-likeness (QED) is 0.825. The van der Waals surface area contributed by atoms with E-state index in [2.05, 4.69) is 36.1 Å². The highest BCUT2D eigenvalue weighted by Gasteiger charge is 2.30. The Labute approximate surface area is 157 Å². The van der Waals surface area contributed by atoms with Crippen molar-refractivity contribution < 1.29 is 9.59 Å². The predicted octanol–water partition coefficient (Wildman–Crippen LogP) is 3.85. The molecule has 7 heteroatoms. The number of hydrogen-bond acceptors (Lipinski definition) is 6. The van der Waals surface area contributed by atoms with Gasteiger partial charge in [-0.05, 0) is 52.7 Å². The number of nitrogens with one attached hydrogen (secondary N) is 1. The van der Waals surface area contributed by atoms with Crippen LogP contribution in [0.3, 0.4) is 0 Å². The summed E-state index contributed by atoms with van der Waals surface area (Å²) in [7, 11) is 0. The van der Waals surface area contributed by atoms with Crippen LogP contribution in [-0.2, 0) is 0 Å². The van der Waals surface area contributed by atoms with Crippen molar-refractivity contribution in [2.45, 2.75) is 52.1 Å². The third-order valence-corrected chi connectivity index (χ3v) is 5.32. The van der Waals surface area contributed by atoms with E-state index in [0.29, 0.717) is 21.9 Å². The fourth-order valence-electron chi connectivity index (χ4n) is 3.09. The van der Waals surface area contributed by atoms with E-state index >= 15 is 0 Å². The van der Waals surface area contributed by atoms with Gasteiger partial charge in [-0.1, -0.05) is 0 Å². The molecule has 6 nitrogen and oxygen atoms in total. The van der Waals surface area contributed by atoms with Crippen LogP contribution in [0, 0.1) is 0 Å². The molecule has 1 fully saturated rings. The molecule has 0 spiro atoms. The first-order valence-electron chi connectivity index (χ1n) is 8.80. The lowest BCUT2D eigenvalue weighted by molar-refractivity contribution is 0.0743. The van der Waals surface area contributed by atoms with Gasteiger partial charge in [0.1, 0.15) is 11.5 Å². The van der Waals surface area contributed by atoms with Gasteiger partial charge in [-0.3, -0.25) is 9.59 Å². The number of aldehydes is 1. The van der Waals surface area contributed by atoms with Crippen molar-refractivity contribution in [1.29, 1.82) is 0 Å². The second-order valence-electron chi connectivity index (χ2n) is 7.64. The Morgan fingerprint density at radius 1 is 1.38 bits per heavy atom. The van der Waals surface area contributed by atoms with Gasteiger partial charge in [0.2, 0.25) is 0 Å². The minimum atomic E-state index is -0.105. The van der Waals surface area contributed by atoms with E-state index in [-0.39, 0.29) is 17.5 Å². The first kappa shape index (κ1) is 18.5. The summed E-state index contributed by atoms with van der Waals surface area (Å²) in [6.45, 7) is 8.98. The molecule has 0 unspecified atom stereocenters.